The lowest BCUT2D eigenvalue weighted by Gasteiger charge is -2.13. The minimum atomic E-state index is -0.304. The third-order valence-electron chi connectivity index (χ3n) is 3.43. The maximum atomic E-state index is 12.4. The number of carbonyl (C=O) groups excluding carboxylic acids is 1. The number of nitrogens with zero attached hydrogens (tertiary/aromatic N) is 2. The number of halogens is 1. The fraction of sp³-hybridized carbons (Fsp3) is 0.167. The third-order valence-corrected chi connectivity index (χ3v) is 4.77. The van der Waals surface area contributed by atoms with E-state index in [2.05, 4.69) is 15.3 Å². The second kappa shape index (κ2) is 7.20. The lowest BCUT2D eigenvalue weighted by atomic mass is 10.2. The van der Waals surface area contributed by atoms with Gasteiger partial charge in [-0.3, -0.25) is 4.79 Å². The van der Waals surface area contributed by atoms with E-state index in [1.54, 1.807) is 18.2 Å². The van der Waals surface area contributed by atoms with Crippen LogP contribution in [-0.2, 0) is 4.79 Å². The van der Waals surface area contributed by atoms with Crippen molar-refractivity contribution in [2.45, 2.75) is 24.1 Å². The Hall–Kier alpha value is -2.11. The Morgan fingerprint density at radius 2 is 1.96 bits per heavy atom. The Morgan fingerprint density at radius 1 is 1.17 bits per heavy atom. The Balaban J connectivity index is 1.79. The van der Waals surface area contributed by atoms with E-state index < -0.39 is 0 Å². The smallest absolute Gasteiger partial charge is 0.237 e. The number of fused-ring (bicyclic) bond motifs is 1. The van der Waals surface area contributed by atoms with Gasteiger partial charge in [0, 0.05) is 16.1 Å². The Kier molecular flexibility index (Phi) is 5.02. The number of aromatic nitrogens is 2. The number of thioether (sulfide) groups is 1. The zero-order valence-electron chi connectivity index (χ0n) is 13.3. The van der Waals surface area contributed by atoms with Gasteiger partial charge in [-0.2, -0.15) is 0 Å². The zero-order valence-corrected chi connectivity index (χ0v) is 14.9. The summed E-state index contributed by atoms with van der Waals surface area (Å²) in [5.74, 6) is 0.598. The molecule has 0 radical (unpaired) electrons. The number of aryl methyl sites for hydroxylation is 1. The maximum Gasteiger partial charge on any atom is 0.237 e. The SMILES string of the molecule is Cc1nc(SC(C)C(=O)Nc2cccc(Cl)c2)c2ccccc2n1. The Morgan fingerprint density at radius 3 is 2.75 bits per heavy atom. The van der Waals surface area contributed by atoms with Crippen molar-refractivity contribution in [2.24, 2.45) is 0 Å². The first-order chi connectivity index (χ1) is 11.5. The molecule has 0 fully saturated rings. The van der Waals surface area contributed by atoms with Gasteiger partial charge >= 0.3 is 0 Å². The van der Waals surface area contributed by atoms with Crippen molar-refractivity contribution in [1.82, 2.24) is 9.97 Å². The highest BCUT2D eigenvalue weighted by atomic mass is 35.5. The van der Waals surface area contributed by atoms with Gasteiger partial charge in [0.2, 0.25) is 5.91 Å². The summed E-state index contributed by atoms with van der Waals surface area (Å²) in [4.78, 5) is 21.4. The summed E-state index contributed by atoms with van der Waals surface area (Å²) < 4.78 is 0. The molecule has 2 aromatic carbocycles. The normalized spacial score (nSPS) is 12.1. The van der Waals surface area contributed by atoms with E-state index in [4.69, 9.17) is 11.6 Å². The fourth-order valence-electron chi connectivity index (χ4n) is 2.28. The van der Waals surface area contributed by atoms with E-state index >= 15 is 0 Å². The predicted molar refractivity (Wildman–Crippen MR) is 99.7 cm³/mol. The number of rotatable bonds is 4. The average molecular weight is 358 g/mol. The van der Waals surface area contributed by atoms with Gasteiger partial charge in [0.1, 0.15) is 10.9 Å². The van der Waals surface area contributed by atoms with Gasteiger partial charge in [0.05, 0.1) is 10.8 Å². The molecule has 0 saturated carbocycles. The van der Waals surface area contributed by atoms with E-state index in [9.17, 15) is 4.79 Å². The highest BCUT2D eigenvalue weighted by molar-refractivity contribution is 8.00. The van der Waals surface area contributed by atoms with Gasteiger partial charge < -0.3 is 5.32 Å². The van der Waals surface area contributed by atoms with Crippen molar-refractivity contribution in [3.8, 4) is 0 Å². The highest BCUT2D eigenvalue weighted by Crippen LogP contribution is 2.29. The van der Waals surface area contributed by atoms with E-state index in [-0.39, 0.29) is 11.2 Å². The van der Waals surface area contributed by atoms with Gasteiger partial charge in [-0.1, -0.05) is 47.6 Å². The first-order valence-electron chi connectivity index (χ1n) is 7.49. The molecule has 24 heavy (non-hydrogen) atoms. The van der Waals surface area contributed by atoms with Gasteiger partial charge in [-0.05, 0) is 38.1 Å². The van der Waals surface area contributed by atoms with Crippen LogP contribution in [0.2, 0.25) is 5.02 Å². The maximum absolute atomic E-state index is 12.4. The highest BCUT2D eigenvalue weighted by Gasteiger charge is 2.17. The molecule has 1 N–H and O–H groups in total. The van der Waals surface area contributed by atoms with Crippen LogP contribution in [0.3, 0.4) is 0 Å². The predicted octanol–water partition coefficient (Wildman–Crippen LogP) is 4.71. The summed E-state index contributed by atoms with van der Waals surface area (Å²) in [6.45, 7) is 3.71. The van der Waals surface area contributed by atoms with Crippen LogP contribution in [-0.4, -0.2) is 21.1 Å². The minimum Gasteiger partial charge on any atom is -0.325 e. The van der Waals surface area contributed by atoms with Gasteiger partial charge in [-0.25, -0.2) is 9.97 Å². The molecule has 1 heterocycles. The molecule has 0 spiro atoms. The van der Waals surface area contributed by atoms with Crippen molar-refractivity contribution >= 4 is 45.9 Å². The Labute approximate surface area is 149 Å². The molecular formula is C18H16ClN3OS. The standard InChI is InChI=1S/C18H16ClN3OS/c1-11(17(23)22-14-7-5-6-13(19)10-14)24-18-15-8-3-4-9-16(15)20-12(2)21-18/h3-11H,1-2H3,(H,22,23). The number of carbonyl (C=O) groups is 1. The summed E-state index contributed by atoms with van der Waals surface area (Å²) in [5.41, 5.74) is 1.57. The van der Waals surface area contributed by atoms with Crippen molar-refractivity contribution in [1.29, 1.82) is 0 Å². The van der Waals surface area contributed by atoms with Crippen LogP contribution in [0.15, 0.2) is 53.6 Å². The molecule has 0 saturated heterocycles. The molecule has 1 amide bonds. The molecular weight excluding hydrogens is 342 g/mol. The number of benzene rings is 2. The molecule has 0 aliphatic heterocycles. The van der Waals surface area contributed by atoms with Crippen LogP contribution < -0.4 is 5.32 Å². The van der Waals surface area contributed by atoms with Crippen molar-refractivity contribution in [2.75, 3.05) is 5.32 Å². The van der Waals surface area contributed by atoms with Crippen LogP contribution in [0.5, 0.6) is 0 Å². The molecule has 1 aromatic heterocycles. The summed E-state index contributed by atoms with van der Waals surface area (Å²) in [5, 5.41) is 4.93. The summed E-state index contributed by atoms with van der Waals surface area (Å²) in [6.07, 6.45) is 0. The van der Waals surface area contributed by atoms with Crippen molar-refractivity contribution in [3.05, 3.63) is 59.4 Å². The van der Waals surface area contributed by atoms with Gasteiger partial charge in [0.15, 0.2) is 0 Å². The van der Waals surface area contributed by atoms with Crippen LogP contribution >= 0.6 is 23.4 Å². The van der Waals surface area contributed by atoms with E-state index in [1.807, 2.05) is 44.2 Å². The summed E-state index contributed by atoms with van der Waals surface area (Å²) >= 11 is 7.37. The third kappa shape index (κ3) is 3.86. The fourth-order valence-corrected chi connectivity index (χ4v) is 3.45. The molecule has 122 valence electrons. The number of amides is 1. The number of anilines is 1. The van der Waals surface area contributed by atoms with Crippen LogP contribution in [0.4, 0.5) is 5.69 Å². The lowest BCUT2D eigenvalue weighted by Crippen LogP contribution is -2.22. The van der Waals surface area contributed by atoms with E-state index in [0.29, 0.717) is 16.5 Å². The monoisotopic (exact) mass is 357 g/mol. The van der Waals surface area contributed by atoms with Crippen molar-refractivity contribution < 1.29 is 4.79 Å². The Bertz CT molecular complexity index is 900. The molecule has 1 unspecified atom stereocenters. The molecule has 3 rings (SSSR count). The number of hydrogen-bond acceptors (Lipinski definition) is 4. The summed E-state index contributed by atoms with van der Waals surface area (Å²) in [6, 6.07) is 14.9. The van der Waals surface area contributed by atoms with Crippen LogP contribution in [0.1, 0.15) is 12.7 Å². The van der Waals surface area contributed by atoms with Crippen LogP contribution in [0, 0.1) is 6.92 Å². The number of para-hydroxylation sites is 1. The second-order valence-electron chi connectivity index (χ2n) is 5.35. The van der Waals surface area contributed by atoms with Gasteiger partial charge in [0.25, 0.3) is 0 Å². The lowest BCUT2D eigenvalue weighted by molar-refractivity contribution is -0.115. The molecule has 4 nitrogen and oxygen atoms in total. The quantitative estimate of drug-likeness (QED) is 0.542. The molecule has 0 aliphatic carbocycles. The number of hydrogen-bond donors (Lipinski definition) is 1. The minimum absolute atomic E-state index is 0.0948. The number of nitrogens with one attached hydrogen (secondary N) is 1. The summed E-state index contributed by atoms with van der Waals surface area (Å²) in [7, 11) is 0. The first kappa shape index (κ1) is 16.7. The van der Waals surface area contributed by atoms with Gasteiger partial charge in [-0.15, -0.1) is 0 Å². The van der Waals surface area contributed by atoms with Crippen molar-refractivity contribution in [3.63, 3.8) is 0 Å². The molecule has 6 heteroatoms. The largest absolute Gasteiger partial charge is 0.325 e. The van der Waals surface area contributed by atoms with E-state index in [0.717, 1.165) is 15.9 Å². The van der Waals surface area contributed by atoms with Crippen LogP contribution in [0.25, 0.3) is 10.9 Å². The first-order valence-corrected chi connectivity index (χ1v) is 8.75. The molecule has 3 aromatic rings. The van der Waals surface area contributed by atoms with E-state index in [1.165, 1.54) is 11.8 Å². The average Bonchev–Trinajstić information content (AvgIpc) is 2.54. The topological polar surface area (TPSA) is 54.9 Å². The zero-order chi connectivity index (χ0) is 17.1. The molecule has 0 aliphatic rings. The molecule has 1 atom stereocenters. The second-order valence-corrected chi connectivity index (χ2v) is 7.12. The molecule has 0 bridgehead atoms.